The molecule has 1 fully saturated rings. The van der Waals surface area contributed by atoms with E-state index in [0.29, 0.717) is 23.7 Å². The summed E-state index contributed by atoms with van der Waals surface area (Å²) in [4.78, 5) is 33.8. The van der Waals surface area contributed by atoms with Crippen molar-refractivity contribution in [2.24, 2.45) is 0 Å². The minimum atomic E-state index is -0.256. The average Bonchev–Trinajstić information content (AvgIpc) is 3.12. The summed E-state index contributed by atoms with van der Waals surface area (Å²) in [6, 6.07) is 15.2. The predicted octanol–water partition coefficient (Wildman–Crippen LogP) is 3.22. The maximum absolute atomic E-state index is 12.8. The van der Waals surface area contributed by atoms with Crippen LogP contribution < -0.4 is 10.2 Å². The maximum atomic E-state index is 12.8. The van der Waals surface area contributed by atoms with Gasteiger partial charge in [-0.25, -0.2) is 4.98 Å². The van der Waals surface area contributed by atoms with Crippen LogP contribution in [0, 0.1) is 13.8 Å². The standard InChI is InChI=1S/C24H26ClN5O2/c1-17-15-21(18(2)30(17)22-5-3-4-10-26-22)24(32)27-16-23(31)29-13-11-28(12-14-29)20-8-6-19(25)7-9-20/h3-10,15H,11-14,16H2,1-2H3,(H,27,32). The number of rotatable bonds is 5. The number of aromatic nitrogens is 2. The first kappa shape index (κ1) is 21.9. The smallest absolute Gasteiger partial charge is 0.253 e. The monoisotopic (exact) mass is 451 g/mol. The number of halogens is 1. The molecule has 1 aliphatic heterocycles. The number of nitrogens with zero attached hydrogens (tertiary/aromatic N) is 4. The molecule has 7 nitrogen and oxygen atoms in total. The van der Waals surface area contributed by atoms with Crippen molar-refractivity contribution in [1.82, 2.24) is 19.8 Å². The molecular formula is C24H26ClN5O2. The first-order valence-electron chi connectivity index (χ1n) is 10.6. The Morgan fingerprint density at radius 1 is 1.03 bits per heavy atom. The van der Waals surface area contributed by atoms with Crippen molar-refractivity contribution in [3.8, 4) is 5.82 Å². The predicted molar refractivity (Wildman–Crippen MR) is 126 cm³/mol. The van der Waals surface area contributed by atoms with E-state index in [0.717, 1.165) is 36.0 Å². The Balaban J connectivity index is 1.33. The van der Waals surface area contributed by atoms with Crippen molar-refractivity contribution in [2.75, 3.05) is 37.6 Å². The van der Waals surface area contributed by atoms with E-state index >= 15 is 0 Å². The van der Waals surface area contributed by atoms with Gasteiger partial charge in [0.05, 0.1) is 12.1 Å². The number of pyridine rings is 1. The molecule has 3 aromatic rings. The lowest BCUT2D eigenvalue weighted by Gasteiger charge is -2.36. The molecule has 1 saturated heterocycles. The molecule has 32 heavy (non-hydrogen) atoms. The molecule has 4 rings (SSSR count). The summed E-state index contributed by atoms with van der Waals surface area (Å²) in [5.41, 5.74) is 3.35. The van der Waals surface area contributed by atoms with Gasteiger partial charge in [0.15, 0.2) is 0 Å². The van der Waals surface area contributed by atoms with Gasteiger partial charge >= 0.3 is 0 Å². The van der Waals surface area contributed by atoms with Gasteiger partial charge in [0.2, 0.25) is 5.91 Å². The number of hydrogen-bond acceptors (Lipinski definition) is 4. The molecule has 0 saturated carbocycles. The molecule has 8 heteroatoms. The van der Waals surface area contributed by atoms with Gasteiger partial charge in [0, 0.05) is 54.5 Å². The third kappa shape index (κ3) is 4.62. The van der Waals surface area contributed by atoms with Crippen LogP contribution in [0.4, 0.5) is 5.69 Å². The van der Waals surface area contributed by atoms with Crippen molar-refractivity contribution in [1.29, 1.82) is 0 Å². The van der Waals surface area contributed by atoms with Crippen LogP contribution in [0.15, 0.2) is 54.7 Å². The van der Waals surface area contributed by atoms with Crippen LogP contribution in [0.5, 0.6) is 0 Å². The summed E-state index contributed by atoms with van der Waals surface area (Å²) in [5, 5.41) is 3.49. The van der Waals surface area contributed by atoms with E-state index in [2.05, 4.69) is 15.2 Å². The minimum Gasteiger partial charge on any atom is -0.368 e. The van der Waals surface area contributed by atoms with Gasteiger partial charge in [0.1, 0.15) is 5.82 Å². The molecule has 0 radical (unpaired) electrons. The van der Waals surface area contributed by atoms with Gasteiger partial charge in [-0.1, -0.05) is 17.7 Å². The maximum Gasteiger partial charge on any atom is 0.253 e. The van der Waals surface area contributed by atoms with E-state index in [1.54, 1.807) is 11.1 Å². The molecular weight excluding hydrogens is 426 g/mol. The lowest BCUT2D eigenvalue weighted by atomic mass is 10.2. The van der Waals surface area contributed by atoms with Crippen LogP contribution in [0.3, 0.4) is 0 Å². The third-order valence-electron chi connectivity index (χ3n) is 5.78. The Morgan fingerprint density at radius 2 is 1.75 bits per heavy atom. The Kier molecular flexibility index (Phi) is 6.46. The van der Waals surface area contributed by atoms with Gasteiger partial charge in [-0.05, 0) is 56.3 Å². The largest absolute Gasteiger partial charge is 0.368 e. The Morgan fingerprint density at radius 3 is 2.41 bits per heavy atom. The van der Waals surface area contributed by atoms with Crippen LogP contribution in [-0.2, 0) is 4.79 Å². The Hall–Kier alpha value is -3.32. The van der Waals surface area contributed by atoms with Crippen LogP contribution in [-0.4, -0.2) is 59.0 Å². The molecule has 166 valence electrons. The Labute approximate surface area is 192 Å². The van der Waals surface area contributed by atoms with Crippen molar-refractivity contribution in [3.05, 3.63) is 76.7 Å². The second kappa shape index (κ2) is 9.44. The zero-order valence-electron chi connectivity index (χ0n) is 18.2. The molecule has 0 spiro atoms. The number of hydrogen-bond donors (Lipinski definition) is 1. The lowest BCUT2D eigenvalue weighted by Crippen LogP contribution is -2.51. The summed E-state index contributed by atoms with van der Waals surface area (Å²) in [6.45, 7) is 6.52. The average molecular weight is 452 g/mol. The number of nitrogens with one attached hydrogen (secondary N) is 1. The highest BCUT2D eigenvalue weighted by atomic mass is 35.5. The first-order valence-corrected chi connectivity index (χ1v) is 11.0. The first-order chi connectivity index (χ1) is 15.4. The van der Waals surface area contributed by atoms with E-state index in [9.17, 15) is 9.59 Å². The summed E-state index contributed by atoms with van der Waals surface area (Å²) >= 11 is 5.96. The van der Waals surface area contributed by atoms with Gasteiger partial charge in [0.25, 0.3) is 5.91 Å². The second-order valence-corrected chi connectivity index (χ2v) is 8.27. The van der Waals surface area contributed by atoms with E-state index in [1.165, 1.54) is 0 Å². The lowest BCUT2D eigenvalue weighted by molar-refractivity contribution is -0.130. The van der Waals surface area contributed by atoms with E-state index in [1.807, 2.05) is 66.9 Å². The van der Waals surface area contributed by atoms with Crippen molar-refractivity contribution >= 4 is 29.1 Å². The van der Waals surface area contributed by atoms with Crippen molar-refractivity contribution in [2.45, 2.75) is 13.8 Å². The molecule has 2 amide bonds. The van der Waals surface area contributed by atoms with Gasteiger partial charge in [-0.2, -0.15) is 0 Å². The molecule has 1 aliphatic rings. The van der Waals surface area contributed by atoms with E-state index < -0.39 is 0 Å². The van der Waals surface area contributed by atoms with Crippen molar-refractivity contribution in [3.63, 3.8) is 0 Å². The quantitative estimate of drug-likeness (QED) is 0.646. The summed E-state index contributed by atoms with van der Waals surface area (Å²) in [6.07, 6.45) is 1.72. The molecule has 3 heterocycles. The number of aryl methyl sites for hydroxylation is 1. The van der Waals surface area contributed by atoms with Crippen molar-refractivity contribution < 1.29 is 9.59 Å². The SMILES string of the molecule is Cc1cc(C(=O)NCC(=O)N2CCN(c3ccc(Cl)cc3)CC2)c(C)n1-c1ccccn1. The topological polar surface area (TPSA) is 70.5 Å². The fraction of sp³-hybridized carbons (Fsp3) is 0.292. The zero-order valence-corrected chi connectivity index (χ0v) is 19.0. The Bertz CT molecular complexity index is 1100. The number of anilines is 1. The summed E-state index contributed by atoms with van der Waals surface area (Å²) < 4.78 is 1.94. The summed E-state index contributed by atoms with van der Waals surface area (Å²) in [7, 11) is 0. The molecule has 0 bridgehead atoms. The minimum absolute atomic E-state index is 0.0208. The molecule has 2 aromatic heterocycles. The normalized spacial score (nSPS) is 13.8. The molecule has 0 unspecified atom stereocenters. The van der Waals surface area contributed by atoms with E-state index in [4.69, 9.17) is 11.6 Å². The molecule has 1 aromatic carbocycles. The number of carbonyl (C=O) groups is 2. The highest BCUT2D eigenvalue weighted by Crippen LogP contribution is 2.20. The third-order valence-corrected chi connectivity index (χ3v) is 6.03. The zero-order chi connectivity index (χ0) is 22.7. The number of benzene rings is 1. The van der Waals surface area contributed by atoms with Crippen LogP contribution >= 0.6 is 11.6 Å². The van der Waals surface area contributed by atoms with Crippen LogP contribution in [0.1, 0.15) is 21.7 Å². The van der Waals surface area contributed by atoms with Gasteiger partial charge in [-0.15, -0.1) is 0 Å². The van der Waals surface area contributed by atoms with Gasteiger partial charge < -0.3 is 19.7 Å². The van der Waals surface area contributed by atoms with Crippen LogP contribution in [0.25, 0.3) is 5.82 Å². The summed E-state index contributed by atoms with van der Waals surface area (Å²) in [5.74, 6) is 0.428. The molecule has 0 atom stereocenters. The van der Waals surface area contributed by atoms with E-state index in [-0.39, 0.29) is 18.4 Å². The second-order valence-electron chi connectivity index (χ2n) is 7.84. The number of piperazine rings is 1. The van der Waals surface area contributed by atoms with Gasteiger partial charge in [-0.3, -0.25) is 9.59 Å². The fourth-order valence-electron chi connectivity index (χ4n) is 4.06. The fourth-order valence-corrected chi connectivity index (χ4v) is 4.19. The number of carbonyl (C=O) groups excluding carboxylic acids is 2. The van der Waals surface area contributed by atoms with Crippen LogP contribution in [0.2, 0.25) is 5.02 Å². The molecule has 0 aliphatic carbocycles. The highest BCUT2D eigenvalue weighted by Gasteiger charge is 2.23. The number of amides is 2. The molecule has 1 N–H and O–H groups in total. The highest BCUT2D eigenvalue weighted by molar-refractivity contribution is 6.30.